The molecule has 34 heavy (non-hydrogen) atoms. The monoisotopic (exact) mass is 488 g/mol. The van der Waals surface area contributed by atoms with E-state index in [1.54, 1.807) is 58.0 Å². The highest BCUT2D eigenvalue weighted by Gasteiger charge is 2.20. The van der Waals surface area contributed by atoms with Gasteiger partial charge in [0, 0.05) is 38.2 Å². The van der Waals surface area contributed by atoms with E-state index in [-0.39, 0.29) is 34.4 Å². The third kappa shape index (κ3) is 6.86. The molecular formula is C24H32N4O5S. The maximum atomic E-state index is 13.2. The average Bonchev–Trinajstić information content (AvgIpc) is 3.00. The van der Waals surface area contributed by atoms with E-state index in [2.05, 4.69) is 5.32 Å². The van der Waals surface area contributed by atoms with Crippen molar-refractivity contribution in [1.82, 2.24) is 9.88 Å². The van der Waals surface area contributed by atoms with Gasteiger partial charge in [-0.15, -0.1) is 11.3 Å². The van der Waals surface area contributed by atoms with E-state index in [0.717, 1.165) is 11.3 Å². The van der Waals surface area contributed by atoms with Crippen molar-refractivity contribution in [2.75, 3.05) is 25.5 Å². The molecule has 0 saturated carbocycles. The summed E-state index contributed by atoms with van der Waals surface area (Å²) in [7, 11) is 3.42. The minimum atomic E-state index is -0.655. The Morgan fingerprint density at radius 1 is 1.26 bits per heavy atom. The van der Waals surface area contributed by atoms with Crippen molar-refractivity contribution < 1.29 is 14.5 Å². The van der Waals surface area contributed by atoms with Crippen molar-refractivity contribution in [2.24, 2.45) is 11.3 Å². The molecule has 0 aliphatic rings. The lowest BCUT2D eigenvalue weighted by Crippen LogP contribution is -2.39. The number of rotatable bonds is 8. The van der Waals surface area contributed by atoms with E-state index < -0.39 is 15.9 Å². The first kappa shape index (κ1) is 27.0. The number of nitro groups is 1. The van der Waals surface area contributed by atoms with Crippen molar-refractivity contribution in [3.63, 3.8) is 0 Å². The van der Waals surface area contributed by atoms with Gasteiger partial charge in [0.1, 0.15) is 16.9 Å². The summed E-state index contributed by atoms with van der Waals surface area (Å²) in [6, 6.07) is 4.70. The molecular weight excluding hydrogens is 456 g/mol. The van der Waals surface area contributed by atoms with Crippen molar-refractivity contribution >= 4 is 46.6 Å². The maximum absolute atomic E-state index is 13.2. The van der Waals surface area contributed by atoms with E-state index in [1.165, 1.54) is 16.7 Å². The molecule has 1 aromatic heterocycles. The summed E-state index contributed by atoms with van der Waals surface area (Å²) < 4.78 is 1.91. The van der Waals surface area contributed by atoms with Crippen molar-refractivity contribution in [1.29, 1.82) is 0 Å². The fraction of sp³-hybridized carbons (Fsp3) is 0.458. The Balaban J connectivity index is 2.65. The molecule has 184 valence electrons. The molecule has 10 heteroatoms. The third-order valence-electron chi connectivity index (χ3n) is 4.92. The summed E-state index contributed by atoms with van der Waals surface area (Å²) in [6.07, 6.45) is 2.93. The Morgan fingerprint density at radius 3 is 2.44 bits per heavy atom. The number of amides is 1. The Bertz CT molecular complexity index is 1270. The summed E-state index contributed by atoms with van der Waals surface area (Å²) >= 11 is 1.07. The summed E-state index contributed by atoms with van der Waals surface area (Å²) in [5, 5.41) is 14.3. The van der Waals surface area contributed by atoms with Gasteiger partial charge in [-0.2, -0.15) is 0 Å². The number of nitro benzene ring substituents is 1. The number of benzene rings is 1. The van der Waals surface area contributed by atoms with Gasteiger partial charge in [0.2, 0.25) is 5.91 Å². The number of nitrogens with one attached hydrogen (secondary N) is 1. The predicted octanol–water partition coefficient (Wildman–Crippen LogP) is 1.88. The Hall–Kier alpha value is -3.27. The molecule has 0 saturated heterocycles. The molecule has 1 aromatic carbocycles. The van der Waals surface area contributed by atoms with Crippen LogP contribution >= 0.6 is 11.3 Å². The first-order valence-electron chi connectivity index (χ1n) is 10.9. The molecule has 1 heterocycles. The minimum absolute atomic E-state index is 0.0848. The topological polar surface area (TPSA) is 115 Å². The highest BCUT2D eigenvalue weighted by molar-refractivity contribution is 7.07. The molecule has 2 aromatic rings. The van der Waals surface area contributed by atoms with Gasteiger partial charge in [-0.05, 0) is 23.6 Å². The van der Waals surface area contributed by atoms with Crippen LogP contribution in [0.1, 0.15) is 40.2 Å². The van der Waals surface area contributed by atoms with Gasteiger partial charge in [-0.1, -0.05) is 40.7 Å². The van der Waals surface area contributed by atoms with Gasteiger partial charge < -0.3 is 10.2 Å². The van der Waals surface area contributed by atoms with Crippen LogP contribution < -0.4 is 25.0 Å². The third-order valence-corrected chi connectivity index (χ3v) is 5.97. The lowest BCUT2D eigenvalue weighted by atomic mass is 9.91. The summed E-state index contributed by atoms with van der Waals surface area (Å²) in [5.74, 6) is -0.256. The van der Waals surface area contributed by atoms with E-state index in [1.807, 2.05) is 13.8 Å². The molecule has 0 fully saturated rings. The van der Waals surface area contributed by atoms with Crippen LogP contribution in [0.15, 0.2) is 23.0 Å². The molecule has 0 aliphatic heterocycles. The zero-order chi connectivity index (χ0) is 25.8. The zero-order valence-corrected chi connectivity index (χ0v) is 21.5. The van der Waals surface area contributed by atoms with E-state index in [4.69, 9.17) is 0 Å². The first-order chi connectivity index (χ1) is 15.7. The second-order valence-corrected chi connectivity index (χ2v) is 10.8. The van der Waals surface area contributed by atoms with Crippen LogP contribution in [0.4, 0.5) is 11.4 Å². The SMILES string of the molecule is CC(C)CNC(=O)Cn1c(=CC(=O)C(C)(C)C)sc(=Cc2ccc(N(C)C)c([N+](=O)[O-])c2)c1=O. The number of nitrogens with zero attached hydrogens (tertiary/aromatic N) is 3. The van der Waals surface area contributed by atoms with E-state index in [0.29, 0.717) is 22.5 Å². The smallest absolute Gasteiger partial charge is 0.293 e. The summed E-state index contributed by atoms with van der Waals surface area (Å²) in [6.45, 7) is 9.50. The molecule has 0 spiro atoms. The number of anilines is 1. The fourth-order valence-electron chi connectivity index (χ4n) is 2.94. The second-order valence-electron chi connectivity index (χ2n) is 9.70. The highest BCUT2D eigenvalue weighted by Crippen LogP contribution is 2.27. The van der Waals surface area contributed by atoms with Crippen molar-refractivity contribution in [2.45, 2.75) is 41.2 Å². The standard InChI is InChI=1S/C24H32N4O5S/c1-15(2)13-25-21(30)14-27-22(12-20(29)24(3,4)5)34-19(23(27)31)11-16-8-9-17(26(6)7)18(10-16)28(32)33/h8-12,15H,13-14H2,1-7H3,(H,25,30). The second kappa shape index (κ2) is 10.8. The molecule has 0 bridgehead atoms. The highest BCUT2D eigenvalue weighted by atomic mass is 32.1. The number of Topliss-reactive ketones (excluding diaryl/α,β-unsaturated/α-hetero) is 1. The first-order valence-corrected chi connectivity index (χ1v) is 11.7. The van der Waals surface area contributed by atoms with E-state index >= 15 is 0 Å². The Morgan fingerprint density at radius 2 is 1.91 bits per heavy atom. The molecule has 0 radical (unpaired) electrons. The number of carbonyl (C=O) groups is 2. The minimum Gasteiger partial charge on any atom is -0.372 e. The van der Waals surface area contributed by atoms with Crippen LogP contribution in [0.25, 0.3) is 12.2 Å². The van der Waals surface area contributed by atoms with Crippen LogP contribution in [0.5, 0.6) is 0 Å². The van der Waals surface area contributed by atoms with Gasteiger partial charge in [-0.3, -0.25) is 29.1 Å². The van der Waals surface area contributed by atoms with Gasteiger partial charge in [0.05, 0.1) is 9.46 Å². The van der Waals surface area contributed by atoms with Crippen molar-refractivity contribution in [3.8, 4) is 0 Å². The quantitative estimate of drug-likeness (QED) is 0.448. The number of ketones is 1. The van der Waals surface area contributed by atoms with Crippen LogP contribution in [0, 0.1) is 21.4 Å². The predicted molar refractivity (Wildman–Crippen MR) is 136 cm³/mol. The number of carbonyl (C=O) groups excluding carboxylic acids is 2. The lowest BCUT2D eigenvalue weighted by molar-refractivity contribution is -0.384. The molecule has 9 nitrogen and oxygen atoms in total. The zero-order valence-electron chi connectivity index (χ0n) is 20.7. The Labute approximate surface area is 202 Å². The van der Waals surface area contributed by atoms with Gasteiger partial charge in [-0.25, -0.2) is 0 Å². The summed E-state index contributed by atoms with van der Waals surface area (Å²) in [5.41, 5.74) is -0.259. The normalized spacial score (nSPS) is 12.8. The lowest BCUT2D eigenvalue weighted by Gasteiger charge is -2.13. The molecule has 0 atom stereocenters. The van der Waals surface area contributed by atoms with Gasteiger partial charge >= 0.3 is 0 Å². The van der Waals surface area contributed by atoms with Crippen LogP contribution in [0.2, 0.25) is 0 Å². The van der Waals surface area contributed by atoms with Crippen molar-refractivity contribution in [3.05, 3.63) is 53.4 Å². The molecule has 2 rings (SSSR count). The van der Waals surface area contributed by atoms with Crippen LogP contribution in [-0.4, -0.2) is 41.8 Å². The largest absolute Gasteiger partial charge is 0.372 e. The number of aromatic nitrogens is 1. The van der Waals surface area contributed by atoms with Gasteiger partial charge in [0.25, 0.3) is 11.2 Å². The van der Waals surface area contributed by atoms with Gasteiger partial charge in [0.15, 0.2) is 5.78 Å². The number of hydrogen-bond acceptors (Lipinski definition) is 7. The molecule has 1 amide bonds. The maximum Gasteiger partial charge on any atom is 0.293 e. The number of thiazole rings is 1. The number of hydrogen-bond donors (Lipinski definition) is 1. The molecule has 0 unspecified atom stereocenters. The van der Waals surface area contributed by atoms with E-state index in [9.17, 15) is 24.5 Å². The summed E-state index contributed by atoms with van der Waals surface area (Å²) in [4.78, 5) is 50.9. The Kier molecular flexibility index (Phi) is 8.55. The van der Waals surface area contributed by atoms with Crippen LogP contribution in [-0.2, 0) is 16.1 Å². The fourth-order valence-corrected chi connectivity index (χ4v) is 3.99. The molecule has 1 N–H and O–H groups in total. The average molecular weight is 489 g/mol. The van der Waals surface area contributed by atoms with Crippen LogP contribution in [0.3, 0.4) is 0 Å². The molecule has 0 aliphatic carbocycles.